The fourth-order valence-corrected chi connectivity index (χ4v) is 4.04. The van der Waals surface area contributed by atoms with Gasteiger partial charge in [-0.3, -0.25) is 10.6 Å². The van der Waals surface area contributed by atoms with Crippen LogP contribution in [0, 0.1) is 0 Å². The molecule has 25 heavy (non-hydrogen) atoms. The number of thioether (sulfide) groups is 1. The van der Waals surface area contributed by atoms with E-state index < -0.39 is 0 Å². The van der Waals surface area contributed by atoms with Gasteiger partial charge in [0.05, 0.1) is 6.10 Å². The Morgan fingerprint density at radius 3 is 2.76 bits per heavy atom. The van der Waals surface area contributed by atoms with Gasteiger partial charge in [-0.05, 0) is 32.4 Å². The van der Waals surface area contributed by atoms with Crippen molar-refractivity contribution in [3.05, 3.63) is 42.0 Å². The van der Waals surface area contributed by atoms with E-state index in [1.807, 2.05) is 31.2 Å². The third-order valence-electron chi connectivity index (χ3n) is 4.60. The Morgan fingerprint density at radius 1 is 1.28 bits per heavy atom. The van der Waals surface area contributed by atoms with Crippen molar-refractivity contribution in [1.82, 2.24) is 20.6 Å². The summed E-state index contributed by atoms with van der Waals surface area (Å²) < 4.78 is 5.89. The third kappa shape index (κ3) is 5.64. The van der Waals surface area contributed by atoms with Crippen molar-refractivity contribution in [3.63, 3.8) is 0 Å². The predicted molar refractivity (Wildman–Crippen MR) is 104 cm³/mol. The Hall–Kier alpha value is -1.21. The highest BCUT2D eigenvalue weighted by Gasteiger charge is 2.16. The Balaban J connectivity index is 1.63. The maximum absolute atomic E-state index is 5.89. The minimum Gasteiger partial charge on any atom is -0.370 e. The van der Waals surface area contributed by atoms with Gasteiger partial charge in [0, 0.05) is 29.8 Å². The van der Waals surface area contributed by atoms with Crippen molar-refractivity contribution in [2.24, 2.45) is 0 Å². The van der Waals surface area contributed by atoms with Crippen LogP contribution in [0.4, 0.5) is 0 Å². The summed E-state index contributed by atoms with van der Waals surface area (Å²) >= 11 is 1.84. The topological polar surface area (TPSA) is 59.1 Å². The van der Waals surface area contributed by atoms with Crippen LogP contribution in [0.3, 0.4) is 0 Å². The molecule has 6 heteroatoms. The molecule has 5 nitrogen and oxygen atoms in total. The van der Waals surface area contributed by atoms with Crippen molar-refractivity contribution < 1.29 is 4.74 Å². The van der Waals surface area contributed by atoms with Gasteiger partial charge >= 0.3 is 0 Å². The van der Waals surface area contributed by atoms with Crippen LogP contribution in [-0.4, -0.2) is 40.4 Å². The monoisotopic (exact) mass is 360 g/mol. The van der Waals surface area contributed by atoms with Gasteiger partial charge in [-0.15, -0.1) is 11.8 Å². The molecule has 2 unspecified atom stereocenters. The summed E-state index contributed by atoms with van der Waals surface area (Å²) in [6.07, 6.45) is 15.7. The average Bonchev–Trinajstić information content (AvgIpc) is 3.17. The molecule has 0 saturated heterocycles. The molecule has 1 saturated carbocycles. The highest BCUT2D eigenvalue weighted by atomic mass is 32.2. The zero-order valence-electron chi connectivity index (χ0n) is 15.1. The quantitative estimate of drug-likeness (QED) is 0.841. The fourth-order valence-electron chi connectivity index (χ4n) is 3.10. The Bertz CT molecular complexity index is 596. The molecule has 136 valence electrons. The van der Waals surface area contributed by atoms with Crippen molar-refractivity contribution in [2.75, 3.05) is 12.8 Å². The molecule has 2 heterocycles. The number of allylic oxidation sites excluding steroid dienone is 2. The van der Waals surface area contributed by atoms with E-state index in [1.165, 1.54) is 31.3 Å². The molecule has 2 N–H and O–H groups in total. The lowest BCUT2D eigenvalue weighted by Gasteiger charge is -2.19. The molecule has 2 atom stereocenters. The lowest BCUT2D eigenvalue weighted by Crippen LogP contribution is -2.41. The van der Waals surface area contributed by atoms with Crippen molar-refractivity contribution in [3.8, 4) is 0 Å². The van der Waals surface area contributed by atoms with Crippen molar-refractivity contribution in [2.45, 2.75) is 56.9 Å². The number of nitrogens with one attached hydrogen (secondary N) is 2. The van der Waals surface area contributed by atoms with Crippen LogP contribution in [0.1, 0.15) is 44.0 Å². The van der Waals surface area contributed by atoms with Gasteiger partial charge in [0.15, 0.2) is 5.82 Å². The molecular formula is C19H28N4OS. The van der Waals surface area contributed by atoms with Gasteiger partial charge in [0.25, 0.3) is 0 Å². The number of rotatable bonds is 5. The van der Waals surface area contributed by atoms with Crippen LogP contribution < -0.4 is 10.6 Å². The van der Waals surface area contributed by atoms with Gasteiger partial charge in [0.1, 0.15) is 12.1 Å². The first kappa shape index (κ1) is 18.6. The van der Waals surface area contributed by atoms with Gasteiger partial charge in [-0.25, -0.2) is 9.97 Å². The van der Waals surface area contributed by atoms with Crippen LogP contribution in [0.15, 0.2) is 30.6 Å². The van der Waals surface area contributed by atoms with E-state index in [4.69, 9.17) is 4.74 Å². The minimum atomic E-state index is 0.251. The summed E-state index contributed by atoms with van der Waals surface area (Å²) in [5, 5.41) is 6.80. The van der Waals surface area contributed by atoms with E-state index in [9.17, 15) is 0 Å². The van der Waals surface area contributed by atoms with Crippen LogP contribution >= 0.6 is 11.8 Å². The fraction of sp³-hybridized carbons (Fsp3) is 0.579. The number of hydrogen-bond donors (Lipinski definition) is 2. The highest BCUT2D eigenvalue weighted by Crippen LogP contribution is 2.22. The Kier molecular flexibility index (Phi) is 7.04. The second-order valence-corrected chi connectivity index (χ2v) is 7.72. The van der Waals surface area contributed by atoms with Crippen LogP contribution in [0.5, 0.6) is 0 Å². The largest absolute Gasteiger partial charge is 0.370 e. The smallest absolute Gasteiger partial charge is 0.153 e. The lowest BCUT2D eigenvalue weighted by molar-refractivity contribution is 0.0417. The Morgan fingerprint density at radius 2 is 2.04 bits per heavy atom. The van der Waals surface area contributed by atoms with Crippen LogP contribution in [0.25, 0.3) is 5.57 Å². The lowest BCUT2D eigenvalue weighted by atomic mass is 10.1. The van der Waals surface area contributed by atoms with Gasteiger partial charge in [-0.1, -0.05) is 31.1 Å². The normalized spacial score (nSPS) is 28.6. The molecule has 1 aliphatic carbocycles. The molecule has 1 aromatic rings. The molecule has 3 rings (SSSR count). The molecule has 1 aromatic heterocycles. The van der Waals surface area contributed by atoms with Crippen LogP contribution in [-0.2, 0) is 11.3 Å². The van der Waals surface area contributed by atoms with E-state index in [1.54, 1.807) is 0 Å². The molecule has 0 aromatic carbocycles. The molecule has 2 aliphatic rings. The zero-order chi connectivity index (χ0) is 17.5. The maximum Gasteiger partial charge on any atom is 0.153 e. The summed E-state index contributed by atoms with van der Waals surface area (Å²) in [5.74, 6) is 1.69. The van der Waals surface area contributed by atoms with Crippen molar-refractivity contribution in [1.29, 1.82) is 0 Å². The first-order valence-electron chi connectivity index (χ1n) is 9.11. The van der Waals surface area contributed by atoms with E-state index in [0.29, 0.717) is 18.8 Å². The molecule has 1 fully saturated rings. The minimum absolute atomic E-state index is 0.251. The predicted octanol–water partition coefficient (Wildman–Crippen LogP) is 3.10. The van der Waals surface area contributed by atoms with E-state index in [0.717, 1.165) is 17.1 Å². The first-order chi connectivity index (χ1) is 12.2. The molecule has 0 radical (unpaired) electrons. The summed E-state index contributed by atoms with van der Waals surface area (Å²) in [7, 11) is 1.98. The Labute approximate surface area is 154 Å². The number of aromatic nitrogens is 2. The standard InChI is InChI=1S/C19H28N4OS/c1-14-7-8-15(9-10-25-19(20-2)23-14)16-11-21-18(22-12-16)13-24-17-5-3-4-6-17/h7-9,11-12,14,17,19-20,23H,3-6,10,13H2,1-2H3/b8-7-,15-9+. The number of ether oxygens (including phenoxy) is 1. The van der Waals surface area contributed by atoms with E-state index in [-0.39, 0.29) is 5.50 Å². The number of nitrogens with zero attached hydrogens (tertiary/aromatic N) is 2. The first-order valence-corrected chi connectivity index (χ1v) is 10.2. The van der Waals surface area contributed by atoms with Gasteiger partial charge in [0.2, 0.25) is 0 Å². The summed E-state index contributed by atoms with van der Waals surface area (Å²) in [6.45, 7) is 2.67. The average molecular weight is 361 g/mol. The van der Waals surface area contributed by atoms with E-state index in [2.05, 4.69) is 45.8 Å². The second kappa shape index (κ2) is 9.48. The second-order valence-electron chi connectivity index (χ2n) is 6.58. The molecule has 0 spiro atoms. The van der Waals surface area contributed by atoms with Gasteiger partial charge < -0.3 is 4.74 Å². The molecule has 1 aliphatic heterocycles. The highest BCUT2D eigenvalue weighted by molar-refractivity contribution is 7.99. The van der Waals surface area contributed by atoms with Gasteiger partial charge in [-0.2, -0.15) is 0 Å². The molecular weight excluding hydrogens is 332 g/mol. The SMILES string of the molecule is CNC1NC(C)/C=C\C(c2cnc(COC3CCCC3)nc2)=C/CS1. The summed E-state index contributed by atoms with van der Waals surface area (Å²) in [5.41, 5.74) is 2.47. The summed E-state index contributed by atoms with van der Waals surface area (Å²) in [6, 6.07) is 0.298. The summed E-state index contributed by atoms with van der Waals surface area (Å²) in [4.78, 5) is 8.99. The van der Waals surface area contributed by atoms with E-state index >= 15 is 0 Å². The zero-order valence-corrected chi connectivity index (χ0v) is 15.9. The maximum atomic E-state index is 5.89. The molecule has 0 amide bonds. The van der Waals surface area contributed by atoms with Crippen molar-refractivity contribution >= 4 is 17.3 Å². The van der Waals surface area contributed by atoms with Crippen LogP contribution in [0.2, 0.25) is 0 Å². The number of hydrogen-bond acceptors (Lipinski definition) is 6. The molecule has 0 bridgehead atoms. The third-order valence-corrected chi connectivity index (χ3v) is 5.66.